The standard InChI is InChI=1S/C12H9ClF2OS/c1-6-4-7(10(15)5-9(6)14)11(16)12-8(13)2-3-17-12/h2-5,11,16H,1H3. The van der Waals surface area contributed by atoms with E-state index in [1.54, 1.807) is 11.4 Å². The van der Waals surface area contributed by atoms with Crippen LogP contribution in [0.5, 0.6) is 0 Å². The second-order valence-electron chi connectivity index (χ2n) is 3.66. The molecule has 0 spiro atoms. The summed E-state index contributed by atoms with van der Waals surface area (Å²) in [6.45, 7) is 1.51. The lowest BCUT2D eigenvalue weighted by atomic mass is 10.0. The number of benzene rings is 1. The van der Waals surface area contributed by atoms with E-state index in [9.17, 15) is 13.9 Å². The first-order chi connectivity index (χ1) is 8.00. The van der Waals surface area contributed by atoms with Gasteiger partial charge in [0.2, 0.25) is 0 Å². The largest absolute Gasteiger partial charge is 0.383 e. The molecule has 0 amide bonds. The topological polar surface area (TPSA) is 20.2 Å². The van der Waals surface area contributed by atoms with Gasteiger partial charge < -0.3 is 5.11 Å². The van der Waals surface area contributed by atoms with Crippen LogP contribution in [0, 0.1) is 18.6 Å². The van der Waals surface area contributed by atoms with E-state index in [0.29, 0.717) is 9.90 Å². The first-order valence-corrected chi connectivity index (χ1v) is 6.13. The number of rotatable bonds is 2. The van der Waals surface area contributed by atoms with Gasteiger partial charge in [-0.2, -0.15) is 0 Å². The van der Waals surface area contributed by atoms with Gasteiger partial charge in [0.15, 0.2) is 0 Å². The third kappa shape index (κ3) is 2.34. The molecule has 0 aliphatic rings. The van der Waals surface area contributed by atoms with Crippen LogP contribution in [0.1, 0.15) is 22.1 Å². The summed E-state index contributed by atoms with van der Waals surface area (Å²) in [4.78, 5) is 0.455. The van der Waals surface area contributed by atoms with Gasteiger partial charge in [-0.3, -0.25) is 0 Å². The van der Waals surface area contributed by atoms with Gasteiger partial charge in [-0.1, -0.05) is 11.6 Å². The Bertz CT molecular complexity index is 553. The molecule has 0 bridgehead atoms. The Hall–Kier alpha value is -0.970. The number of aryl methyl sites for hydroxylation is 1. The van der Waals surface area contributed by atoms with E-state index in [2.05, 4.69) is 0 Å². The van der Waals surface area contributed by atoms with Crippen molar-refractivity contribution in [3.05, 3.63) is 56.2 Å². The second-order valence-corrected chi connectivity index (χ2v) is 5.01. The van der Waals surface area contributed by atoms with E-state index in [0.717, 1.165) is 6.07 Å². The Kier molecular flexibility index (Phi) is 3.47. The third-order valence-corrected chi connectivity index (χ3v) is 3.88. The highest BCUT2D eigenvalue weighted by Crippen LogP contribution is 2.34. The highest BCUT2D eigenvalue weighted by Gasteiger charge is 2.20. The van der Waals surface area contributed by atoms with Gasteiger partial charge in [0.05, 0.1) is 9.90 Å². The molecule has 2 rings (SSSR count). The Labute approximate surface area is 106 Å². The number of aliphatic hydroxyl groups is 1. The van der Waals surface area contributed by atoms with Crippen LogP contribution in [0.2, 0.25) is 5.02 Å². The zero-order valence-electron chi connectivity index (χ0n) is 8.88. The highest BCUT2D eigenvalue weighted by atomic mass is 35.5. The van der Waals surface area contributed by atoms with Gasteiger partial charge in [0, 0.05) is 11.6 Å². The van der Waals surface area contributed by atoms with E-state index in [1.807, 2.05) is 0 Å². The SMILES string of the molecule is Cc1cc(C(O)c2sccc2Cl)c(F)cc1F. The normalized spacial score (nSPS) is 12.8. The van der Waals surface area contributed by atoms with Crippen molar-refractivity contribution in [2.24, 2.45) is 0 Å². The second kappa shape index (κ2) is 4.72. The molecule has 0 saturated carbocycles. The summed E-state index contributed by atoms with van der Waals surface area (Å²) in [6.07, 6.45) is -1.17. The fourth-order valence-corrected chi connectivity index (χ4v) is 2.69. The van der Waals surface area contributed by atoms with Crippen LogP contribution in [0.15, 0.2) is 23.6 Å². The maximum absolute atomic E-state index is 13.6. The summed E-state index contributed by atoms with van der Waals surface area (Å²) in [5.74, 6) is -1.40. The van der Waals surface area contributed by atoms with Crippen molar-refractivity contribution in [1.29, 1.82) is 0 Å². The van der Waals surface area contributed by atoms with Crippen LogP contribution in [-0.2, 0) is 0 Å². The maximum atomic E-state index is 13.6. The summed E-state index contributed by atoms with van der Waals surface area (Å²) < 4.78 is 26.7. The molecule has 1 nitrogen and oxygen atoms in total. The summed E-state index contributed by atoms with van der Waals surface area (Å²) in [7, 11) is 0. The molecule has 1 aromatic carbocycles. The lowest BCUT2D eigenvalue weighted by Gasteiger charge is -2.12. The zero-order chi connectivity index (χ0) is 12.6. The number of aliphatic hydroxyl groups excluding tert-OH is 1. The fraction of sp³-hybridized carbons (Fsp3) is 0.167. The predicted octanol–water partition coefficient (Wildman–Crippen LogP) is 4.07. The Balaban J connectivity index is 2.48. The van der Waals surface area contributed by atoms with Gasteiger partial charge in [0.25, 0.3) is 0 Å². The van der Waals surface area contributed by atoms with E-state index in [4.69, 9.17) is 11.6 Å². The van der Waals surface area contributed by atoms with Crippen LogP contribution < -0.4 is 0 Å². The number of thiophene rings is 1. The minimum absolute atomic E-state index is 0.0354. The van der Waals surface area contributed by atoms with E-state index in [-0.39, 0.29) is 11.1 Å². The van der Waals surface area contributed by atoms with Crippen molar-refractivity contribution in [1.82, 2.24) is 0 Å². The predicted molar refractivity (Wildman–Crippen MR) is 64.5 cm³/mol. The molecule has 90 valence electrons. The van der Waals surface area contributed by atoms with Crippen molar-refractivity contribution >= 4 is 22.9 Å². The molecule has 0 saturated heterocycles. The average Bonchev–Trinajstić information content (AvgIpc) is 2.69. The minimum atomic E-state index is -1.17. The maximum Gasteiger partial charge on any atom is 0.132 e. The van der Waals surface area contributed by atoms with Crippen LogP contribution in [-0.4, -0.2) is 5.11 Å². The molecule has 0 aliphatic heterocycles. The highest BCUT2D eigenvalue weighted by molar-refractivity contribution is 7.10. The first kappa shape index (κ1) is 12.5. The smallest absolute Gasteiger partial charge is 0.132 e. The number of hydrogen-bond donors (Lipinski definition) is 1. The molecule has 1 unspecified atom stereocenters. The minimum Gasteiger partial charge on any atom is -0.383 e. The Morgan fingerprint density at radius 3 is 2.59 bits per heavy atom. The average molecular weight is 275 g/mol. The number of hydrogen-bond acceptors (Lipinski definition) is 2. The summed E-state index contributed by atoms with van der Waals surface area (Å²) >= 11 is 7.09. The summed E-state index contributed by atoms with van der Waals surface area (Å²) in [6, 6.07) is 3.69. The Morgan fingerprint density at radius 2 is 2.00 bits per heavy atom. The lowest BCUT2D eigenvalue weighted by Crippen LogP contribution is -2.03. The lowest BCUT2D eigenvalue weighted by molar-refractivity contribution is 0.218. The molecular formula is C12H9ClF2OS. The van der Waals surface area contributed by atoms with Crippen molar-refractivity contribution < 1.29 is 13.9 Å². The van der Waals surface area contributed by atoms with Gasteiger partial charge in [-0.25, -0.2) is 8.78 Å². The van der Waals surface area contributed by atoms with Crippen molar-refractivity contribution in [3.63, 3.8) is 0 Å². The molecule has 17 heavy (non-hydrogen) atoms. The van der Waals surface area contributed by atoms with Gasteiger partial charge >= 0.3 is 0 Å². The molecule has 0 fully saturated rings. The Morgan fingerprint density at radius 1 is 1.29 bits per heavy atom. The van der Waals surface area contributed by atoms with Crippen LogP contribution in [0.25, 0.3) is 0 Å². The molecule has 2 aromatic rings. The van der Waals surface area contributed by atoms with Crippen molar-refractivity contribution in [2.45, 2.75) is 13.0 Å². The monoisotopic (exact) mass is 274 g/mol. The van der Waals surface area contributed by atoms with E-state index >= 15 is 0 Å². The summed E-state index contributed by atoms with van der Waals surface area (Å²) in [5.41, 5.74) is 0.321. The van der Waals surface area contributed by atoms with Crippen LogP contribution in [0.4, 0.5) is 8.78 Å². The molecular weight excluding hydrogens is 266 g/mol. The fourth-order valence-electron chi connectivity index (χ4n) is 1.53. The third-order valence-electron chi connectivity index (χ3n) is 2.47. The van der Waals surface area contributed by atoms with Gasteiger partial charge in [-0.15, -0.1) is 11.3 Å². The van der Waals surface area contributed by atoms with Crippen LogP contribution in [0.3, 0.4) is 0 Å². The molecule has 0 radical (unpaired) electrons. The quantitative estimate of drug-likeness (QED) is 0.875. The zero-order valence-corrected chi connectivity index (χ0v) is 10.4. The van der Waals surface area contributed by atoms with Crippen molar-refractivity contribution in [2.75, 3.05) is 0 Å². The number of halogens is 3. The van der Waals surface area contributed by atoms with Crippen molar-refractivity contribution in [3.8, 4) is 0 Å². The molecule has 1 aromatic heterocycles. The van der Waals surface area contributed by atoms with Gasteiger partial charge in [0.1, 0.15) is 17.7 Å². The molecule has 1 atom stereocenters. The molecule has 1 heterocycles. The molecule has 1 N–H and O–H groups in total. The van der Waals surface area contributed by atoms with Gasteiger partial charge in [-0.05, 0) is 30.0 Å². The molecule has 0 aliphatic carbocycles. The van der Waals surface area contributed by atoms with Crippen LogP contribution >= 0.6 is 22.9 Å². The summed E-state index contributed by atoms with van der Waals surface area (Å²) in [5, 5.41) is 12.1. The first-order valence-electron chi connectivity index (χ1n) is 4.87. The van der Waals surface area contributed by atoms with E-state index < -0.39 is 17.7 Å². The molecule has 5 heteroatoms. The van der Waals surface area contributed by atoms with E-state index in [1.165, 1.54) is 24.3 Å².